The average Bonchev–Trinajstić information content (AvgIpc) is 3.17. The first-order valence-electron chi connectivity index (χ1n) is 13.3. The van der Waals surface area contributed by atoms with E-state index in [1.807, 2.05) is 0 Å². The van der Waals surface area contributed by atoms with Crippen molar-refractivity contribution < 1.29 is 58.6 Å². The Balaban J connectivity index is 1.70. The summed E-state index contributed by atoms with van der Waals surface area (Å²) in [6.07, 6.45) is -5.28. The number of allylic oxidation sites excluding steroid dienone is 2. The molecule has 2 aliphatic heterocycles. The standard InChI is InChI=1S/C28H36O12/c1-11(25(3,4)36)7-16(30)40-19-21-27-10-38-28(21,24(35)37-6)22(33)18(32)20(27)26(5)9-14(29)17(31)12(2)13(26)8-15(27)39-23(19)34/h7,13,15,18-22,31-33,36H,8-10H2,1-6H3/b11-7-/t13-,15+,18+,19+,20+,21+,22-,26-,27+,28-/m0/s1. The third kappa shape index (κ3) is 3.45. The van der Waals surface area contributed by atoms with Crippen LogP contribution in [0.25, 0.3) is 0 Å². The minimum Gasteiger partial charge on any atom is -0.504 e. The van der Waals surface area contributed by atoms with Gasteiger partial charge in [-0.2, -0.15) is 0 Å². The molecule has 0 aromatic heterocycles. The van der Waals surface area contributed by atoms with E-state index in [0.29, 0.717) is 5.57 Å². The van der Waals surface area contributed by atoms with Crippen LogP contribution in [0.1, 0.15) is 47.5 Å². The van der Waals surface area contributed by atoms with E-state index in [0.717, 1.165) is 13.2 Å². The molecular formula is C28H36O12. The number of hydrogen-bond donors (Lipinski definition) is 4. The largest absolute Gasteiger partial charge is 0.504 e. The molecule has 0 unspecified atom stereocenters. The maximum Gasteiger partial charge on any atom is 0.348 e. The lowest BCUT2D eigenvalue weighted by atomic mass is 9.38. The van der Waals surface area contributed by atoms with Crippen LogP contribution in [0.4, 0.5) is 0 Å². The third-order valence-electron chi connectivity index (χ3n) is 10.4. The summed E-state index contributed by atoms with van der Waals surface area (Å²) in [6.45, 7) is 7.54. The number of carbonyl (C=O) groups is 4. The summed E-state index contributed by atoms with van der Waals surface area (Å²) in [5.74, 6) is -6.76. The number of aliphatic hydroxyl groups is 4. The number of hydrogen-bond acceptors (Lipinski definition) is 12. The van der Waals surface area contributed by atoms with Gasteiger partial charge in [0, 0.05) is 23.8 Å². The van der Waals surface area contributed by atoms with Gasteiger partial charge >= 0.3 is 17.9 Å². The molecule has 5 aliphatic rings. The van der Waals surface area contributed by atoms with Gasteiger partial charge in [0.1, 0.15) is 12.2 Å². The molecule has 1 spiro atoms. The highest BCUT2D eigenvalue weighted by Gasteiger charge is 2.85. The predicted molar refractivity (Wildman–Crippen MR) is 133 cm³/mol. The molecule has 2 saturated carbocycles. The number of ketones is 1. The molecule has 0 aromatic carbocycles. The number of esters is 3. The molecule has 2 bridgehead atoms. The Morgan fingerprint density at radius 2 is 1.82 bits per heavy atom. The van der Waals surface area contributed by atoms with E-state index in [1.165, 1.54) is 20.8 Å². The van der Waals surface area contributed by atoms with Gasteiger partial charge < -0.3 is 39.4 Å². The maximum absolute atomic E-state index is 13.5. The van der Waals surface area contributed by atoms with Crippen molar-refractivity contribution in [2.75, 3.05) is 13.7 Å². The predicted octanol–water partition coefficient (Wildman–Crippen LogP) is 0.268. The van der Waals surface area contributed by atoms with Crippen LogP contribution in [0, 0.1) is 28.6 Å². The van der Waals surface area contributed by atoms with E-state index >= 15 is 0 Å². The molecule has 4 N–H and O–H groups in total. The smallest absolute Gasteiger partial charge is 0.348 e. The zero-order valence-electron chi connectivity index (χ0n) is 23.3. The first-order chi connectivity index (χ1) is 18.5. The van der Waals surface area contributed by atoms with Crippen molar-refractivity contribution in [3.05, 3.63) is 23.0 Å². The Bertz CT molecular complexity index is 1240. The summed E-state index contributed by atoms with van der Waals surface area (Å²) in [6, 6.07) is 0. The highest BCUT2D eigenvalue weighted by Crippen LogP contribution is 2.72. The fourth-order valence-electron chi connectivity index (χ4n) is 8.37. The minimum absolute atomic E-state index is 0.139. The number of fused-ring (bicyclic) bond motifs is 2. The van der Waals surface area contributed by atoms with Crippen molar-refractivity contribution in [1.29, 1.82) is 0 Å². The van der Waals surface area contributed by atoms with Crippen molar-refractivity contribution in [2.45, 2.75) is 83.1 Å². The monoisotopic (exact) mass is 564 g/mol. The highest BCUT2D eigenvalue weighted by molar-refractivity contribution is 5.95. The Morgan fingerprint density at radius 3 is 2.42 bits per heavy atom. The van der Waals surface area contributed by atoms with Gasteiger partial charge in [0.2, 0.25) is 11.7 Å². The first kappa shape index (κ1) is 28.7. The molecule has 3 aliphatic carbocycles. The Morgan fingerprint density at radius 1 is 1.18 bits per heavy atom. The van der Waals surface area contributed by atoms with E-state index in [9.17, 15) is 39.6 Å². The van der Waals surface area contributed by atoms with E-state index < -0.39 is 87.9 Å². The lowest BCUT2D eigenvalue weighted by Gasteiger charge is -2.67. The molecule has 0 amide bonds. The molecule has 10 atom stereocenters. The van der Waals surface area contributed by atoms with Gasteiger partial charge in [-0.3, -0.25) is 4.79 Å². The second-order valence-electron chi connectivity index (χ2n) is 12.7. The number of Topliss-reactive ketones (excluding diaryl/α,β-unsaturated/α-hetero) is 1. The lowest BCUT2D eigenvalue weighted by Crippen LogP contribution is -2.79. The Kier molecular flexibility index (Phi) is 6.35. The molecule has 2 saturated heterocycles. The number of rotatable bonds is 4. The van der Waals surface area contributed by atoms with E-state index in [4.69, 9.17) is 18.9 Å². The maximum atomic E-state index is 13.5. The summed E-state index contributed by atoms with van der Waals surface area (Å²) >= 11 is 0. The number of aliphatic hydroxyl groups excluding tert-OH is 3. The summed E-state index contributed by atoms with van der Waals surface area (Å²) in [5.41, 5.74) is -5.43. The normalized spacial score (nSPS) is 44.4. The molecule has 12 nitrogen and oxygen atoms in total. The molecule has 0 radical (unpaired) electrons. The van der Waals surface area contributed by atoms with Crippen molar-refractivity contribution >= 4 is 23.7 Å². The zero-order chi connectivity index (χ0) is 29.7. The zero-order valence-corrected chi connectivity index (χ0v) is 23.3. The topological polar surface area (TPSA) is 186 Å². The Hall–Kier alpha value is -2.80. The van der Waals surface area contributed by atoms with Crippen LogP contribution in [-0.4, -0.2) is 93.5 Å². The van der Waals surface area contributed by atoms with Crippen molar-refractivity contribution in [3.63, 3.8) is 0 Å². The van der Waals surface area contributed by atoms with Gasteiger partial charge in [0.05, 0.1) is 31.3 Å². The second-order valence-corrected chi connectivity index (χ2v) is 12.7. The fourth-order valence-corrected chi connectivity index (χ4v) is 8.37. The molecule has 4 fully saturated rings. The SMILES string of the molecule is COC(=O)[C@@]12OC[C@]34[C@H]([C@@H](O)[C@@H]1O)[C@@]1(C)CC(=O)C(O)=C(C)[C@@H]1C[C@H]3OC(=O)[C@H](OC(=O)/C=C(/C)C(C)(C)O)[C@@H]24. The minimum atomic E-state index is -2.28. The van der Waals surface area contributed by atoms with E-state index in [2.05, 4.69) is 0 Å². The second kappa shape index (κ2) is 8.85. The van der Waals surface area contributed by atoms with Crippen molar-refractivity contribution in [1.82, 2.24) is 0 Å². The van der Waals surface area contributed by atoms with Crippen LogP contribution < -0.4 is 0 Å². The van der Waals surface area contributed by atoms with Crippen LogP contribution >= 0.6 is 0 Å². The van der Waals surface area contributed by atoms with Gasteiger partial charge in [-0.15, -0.1) is 0 Å². The number of carbonyl (C=O) groups excluding carboxylic acids is 4. The van der Waals surface area contributed by atoms with Gasteiger partial charge in [0.25, 0.3) is 0 Å². The quantitative estimate of drug-likeness (QED) is 0.208. The van der Waals surface area contributed by atoms with Crippen LogP contribution in [-0.2, 0) is 38.1 Å². The molecule has 12 heteroatoms. The molecule has 5 rings (SSSR count). The van der Waals surface area contributed by atoms with Crippen molar-refractivity contribution in [3.8, 4) is 0 Å². The summed E-state index contributed by atoms with van der Waals surface area (Å²) in [5, 5.41) is 44.0. The molecular weight excluding hydrogens is 528 g/mol. The van der Waals surface area contributed by atoms with E-state index in [1.54, 1.807) is 13.8 Å². The fraction of sp³-hybridized carbons (Fsp3) is 0.714. The number of methoxy groups -OCH3 is 1. The number of ether oxygens (including phenoxy) is 4. The third-order valence-corrected chi connectivity index (χ3v) is 10.4. The average molecular weight is 565 g/mol. The van der Waals surface area contributed by atoms with Crippen molar-refractivity contribution in [2.24, 2.45) is 28.6 Å². The van der Waals surface area contributed by atoms with Gasteiger partial charge in [-0.1, -0.05) is 6.92 Å². The van der Waals surface area contributed by atoms with Crippen LogP contribution in [0.15, 0.2) is 23.0 Å². The molecule has 0 aromatic rings. The highest BCUT2D eigenvalue weighted by atomic mass is 16.6. The van der Waals surface area contributed by atoms with Crippen LogP contribution in [0.3, 0.4) is 0 Å². The Labute approximate surface area is 230 Å². The summed E-state index contributed by atoms with van der Waals surface area (Å²) in [4.78, 5) is 52.8. The summed E-state index contributed by atoms with van der Waals surface area (Å²) in [7, 11) is 1.07. The molecule has 40 heavy (non-hydrogen) atoms. The van der Waals surface area contributed by atoms with Crippen LogP contribution in [0.5, 0.6) is 0 Å². The van der Waals surface area contributed by atoms with Crippen LogP contribution in [0.2, 0.25) is 0 Å². The first-order valence-corrected chi connectivity index (χ1v) is 13.3. The lowest BCUT2D eigenvalue weighted by molar-refractivity contribution is -0.290. The molecule has 220 valence electrons. The van der Waals surface area contributed by atoms with Gasteiger partial charge in [0.15, 0.2) is 11.5 Å². The summed E-state index contributed by atoms with van der Waals surface area (Å²) < 4.78 is 22.6. The van der Waals surface area contributed by atoms with E-state index in [-0.39, 0.29) is 30.8 Å². The van der Waals surface area contributed by atoms with Gasteiger partial charge in [-0.05, 0) is 56.6 Å². The molecule has 2 heterocycles. The van der Waals surface area contributed by atoms with Gasteiger partial charge in [-0.25, -0.2) is 14.4 Å².